The lowest BCUT2D eigenvalue weighted by atomic mass is 9.89. The van der Waals surface area contributed by atoms with E-state index in [4.69, 9.17) is 14.1 Å². The fourth-order valence-corrected chi connectivity index (χ4v) is 10.1. The first-order valence-electron chi connectivity index (χ1n) is 15.6. The number of rotatable bonds is 8. The van der Waals surface area contributed by atoms with Gasteiger partial charge in [-0.1, -0.05) is 19.9 Å². The van der Waals surface area contributed by atoms with E-state index in [2.05, 4.69) is 15.2 Å². The Morgan fingerprint density at radius 1 is 1.02 bits per heavy atom. The fourth-order valence-electron chi connectivity index (χ4n) is 6.64. The van der Waals surface area contributed by atoms with E-state index in [-0.39, 0.29) is 34.8 Å². The van der Waals surface area contributed by atoms with Crippen molar-refractivity contribution in [3.05, 3.63) is 76.7 Å². The number of pyridine rings is 2. The number of hydrogen-bond acceptors (Lipinski definition) is 9. The Balaban J connectivity index is 1.44. The van der Waals surface area contributed by atoms with Gasteiger partial charge >= 0.3 is 0 Å². The molecular weight excluding hydrogens is 631 g/mol. The summed E-state index contributed by atoms with van der Waals surface area (Å²) < 4.78 is 68.2. The summed E-state index contributed by atoms with van der Waals surface area (Å²) in [4.78, 5) is 10.7. The normalized spacial score (nSPS) is 18.1. The lowest BCUT2D eigenvalue weighted by Crippen LogP contribution is -2.17. The average Bonchev–Trinajstić information content (AvgIpc) is 3.73. The van der Waals surface area contributed by atoms with Crippen LogP contribution in [0.2, 0.25) is 0 Å². The second-order valence-corrected chi connectivity index (χ2v) is 15.6. The number of aryl methyl sites for hydroxylation is 2. The maximum atomic E-state index is 14.1. The number of hydrogen-bond donors (Lipinski definition) is 0. The minimum atomic E-state index is -3.71. The van der Waals surface area contributed by atoms with Crippen LogP contribution in [-0.4, -0.2) is 47.5 Å². The van der Waals surface area contributed by atoms with E-state index in [1.54, 1.807) is 19.2 Å². The topological polar surface area (TPSA) is 108 Å². The summed E-state index contributed by atoms with van der Waals surface area (Å²) in [6.45, 7) is 7.24. The predicted molar refractivity (Wildman–Crippen MR) is 172 cm³/mol. The van der Waals surface area contributed by atoms with E-state index in [9.17, 15) is 17.2 Å². The molecule has 1 fully saturated rings. The molecule has 7 rings (SSSR count). The third-order valence-electron chi connectivity index (χ3n) is 9.10. The first-order valence-corrected chi connectivity index (χ1v) is 18.1. The van der Waals surface area contributed by atoms with E-state index in [1.807, 2.05) is 26.0 Å². The number of fused-ring (bicyclic) bond motifs is 2. The van der Waals surface area contributed by atoms with Crippen molar-refractivity contribution in [2.75, 3.05) is 19.0 Å². The Bertz CT molecular complexity index is 2050. The smallest absolute Gasteiger partial charge is 0.250 e. The van der Waals surface area contributed by atoms with E-state index in [1.165, 1.54) is 17.4 Å². The van der Waals surface area contributed by atoms with Gasteiger partial charge < -0.3 is 9.15 Å². The van der Waals surface area contributed by atoms with Gasteiger partial charge in [0.2, 0.25) is 11.8 Å². The molecule has 0 radical (unpaired) electrons. The van der Waals surface area contributed by atoms with Gasteiger partial charge in [-0.2, -0.15) is 0 Å². The monoisotopic (exact) mass is 664 g/mol. The molecule has 0 N–H and O–H groups in total. The zero-order chi connectivity index (χ0) is 32.2. The first kappa shape index (κ1) is 31.0. The molecule has 46 heavy (non-hydrogen) atoms. The number of thiophene rings is 1. The Labute approximate surface area is 270 Å². The fraction of sp³-hybridized carbons (Fsp3) is 0.412. The number of benzene rings is 1. The zero-order valence-electron chi connectivity index (χ0n) is 25.8. The molecule has 1 aromatic carbocycles. The van der Waals surface area contributed by atoms with Crippen molar-refractivity contribution < 1.29 is 26.4 Å². The summed E-state index contributed by atoms with van der Waals surface area (Å²) in [5.41, 5.74) is 3.72. The molecule has 5 aromatic rings. The van der Waals surface area contributed by atoms with Gasteiger partial charge in [0.1, 0.15) is 0 Å². The highest BCUT2D eigenvalue weighted by Crippen LogP contribution is 2.50. The van der Waals surface area contributed by atoms with Crippen molar-refractivity contribution in [1.29, 1.82) is 0 Å². The van der Waals surface area contributed by atoms with Crippen LogP contribution in [0.1, 0.15) is 67.6 Å². The van der Waals surface area contributed by atoms with Gasteiger partial charge in [-0.15, -0.1) is 21.5 Å². The predicted octanol–water partition coefficient (Wildman–Crippen LogP) is 7.47. The Hall–Kier alpha value is -3.61. The Morgan fingerprint density at radius 3 is 2.54 bits per heavy atom. The second-order valence-electron chi connectivity index (χ2n) is 12.6. The summed E-state index contributed by atoms with van der Waals surface area (Å²) in [5, 5.41) is 9.35. The van der Waals surface area contributed by atoms with Crippen LogP contribution in [0.15, 0.2) is 45.8 Å². The molecule has 4 aromatic heterocycles. The standard InChI is InChI=1S/C34H34F2N4O4S2/c1-18(2)23-17-46(41,42)33-30(28-16-22-8-11-37-27(32(22)45-28)15-21-4-6-24(35)25(36)14-21)29(34-40-39-19(3)44-34)26(38-31(23)33)7-5-20-9-12-43-13-10-20/h4,6,8,11,14,16,18,20,23H,5,7,9-10,12-13,15,17H2,1-3H3. The third kappa shape index (κ3) is 5.75. The molecule has 0 saturated carbocycles. The van der Waals surface area contributed by atoms with Crippen molar-refractivity contribution >= 4 is 31.3 Å². The van der Waals surface area contributed by atoms with Crippen LogP contribution in [0.5, 0.6) is 0 Å². The number of halogens is 2. The molecule has 8 nitrogen and oxygen atoms in total. The quantitative estimate of drug-likeness (QED) is 0.168. The maximum absolute atomic E-state index is 14.1. The van der Waals surface area contributed by atoms with Crippen LogP contribution in [-0.2, 0) is 27.4 Å². The summed E-state index contributed by atoms with van der Waals surface area (Å²) in [6.07, 6.45) is 5.41. The summed E-state index contributed by atoms with van der Waals surface area (Å²) >= 11 is 1.42. The molecule has 1 saturated heterocycles. The third-order valence-corrected chi connectivity index (χ3v) is 12.1. The molecule has 2 aliphatic rings. The highest BCUT2D eigenvalue weighted by molar-refractivity contribution is 7.92. The van der Waals surface area contributed by atoms with Gasteiger partial charge in [0.15, 0.2) is 21.5 Å². The zero-order valence-corrected chi connectivity index (χ0v) is 27.5. The number of ether oxygens (including phenoxy) is 1. The van der Waals surface area contributed by atoms with Crippen LogP contribution in [0, 0.1) is 30.4 Å². The van der Waals surface area contributed by atoms with Crippen LogP contribution in [0.25, 0.3) is 32.0 Å². The Kier molecular flexibility index (Phi) is 8.23. The van der Waals surface area contributed by atoms with E-state index in [0.29, 0.717) is 46.3 Å². The van der Waals surface area contributed by atoms with Gasteiger partial charge in [0.05, 0.1) is 38.0 Å². The van der Waals surface area contributed by atoms with Crippen molar-refractivity contribution in [3.8, 4) is 21.9 Å². The van der Waals surface area contributed by atoms with E-state index >= 15 is 0 Å². The highest BCUT2D eigenvalue weighted by atomic mass is 32.2. The largest absolute Gasteiger partial charge is 0.421 e. The summed E-state index contributed by atoms with van der Waals surface area (Å²) in [7, 11) is -3.71. The SMILES string of the molecule is Cc1nnc(-c2c(CCC3CCOCC3)nc3c(c2-c2cc4ccnc(Cc5ccc(F)c(F)c5)c4s2)S(=O)(=O)CC3C(C)C)o1. The molecule has 2 aliphatic heterocycles. The minimum absolute atomic E-state index is 0.0143. The van der Waals surface area contributed by atoms with Gasteiger partial charge in [0, 0.05) is 49.1 Å². The average molecular weight is 665 g/mol. The molecule has 240 valence electrons. The van der Waals surface area contributed by atoms with Crippen molar-refractivity contribution in [3.63, 3.8) is 0 Å². The Morgan fingerprint density at radius 2 is 1.83 bits per heavy atom. The van der Waals surface area contributed by atoms with Gasteiger partial charge in [-0.25, -0.2) is 17.2 Å². The number of nitrogens with zero attached hydrogens (tertiary/aromatic N) is 4. The molecule has 12 heteroatoms. The van der Waals surface area contributed by atoms with Crippen LogP contribution in [0.4, 0.5) is 8.78 Å². The van der Waals surface area contributed by atoms with Crippen molar-refractivity contribution in [1.82, 2.24) is 20.2 Å². The second kappa shape index (κ2) is 12.2. The molecule has 0 aliphatic carbocycles. The lowest BCUT2D eigenvalue weighted by Gasteiger charge is -2.23. The summed E-state index contributed by atoms with van der Waals surface area (Å²) in [5.74, 6) is -0.939. The highest BCUT2D eigenvalue weighted by Gasteiger charge is 2.43. The first-order chi connectivity index (χ1) is 22.1. The number of sulfone groups is 1. The molecule has 1 unspecified atom stereocenters. The molecule has 0 spiro atoms. The summed E-state index contributed by atoms with van der Waals surface area (Å²) in [6, 6.07) is 7.68. The molecule has 6 heterocycles. The lowest BCUT2D eigenvalue weighted by molar-refractivity contribution is 0.0639. The van der Waals surface area contributed by atoms with Gasteiger partial charge in [-0.3, -0.25) is 9.97 Å². The van der Waals surface area contributed by atoms with Crippen LogP contribution >= 0.6 is 11.3 Å². The van der Waals surface area contributed by atoms with Crippen LogP contribution in [0.3, 0.4) is 0 Å². The molecule has 1 atom stereocenters. The van der Waals surface area contributed by atoms with E-state index < -0.39 is 21.5 Å². The van der Waals surface area contributed by atoms with Gasteiger partial charge in [0.25, 0.3) is 0 Å². The van der Waals surface area contributed by atoms with E-state index in [0.717, 1.165) is 59.2 Å². The van der Waals surface area contributed by atoms with Crippen LogP contribution < -0.4 is 0 Å². The van der Waals surface area contributed by atoms with Gasteiger partial charge in [-0.05, 0) is 72.7 Å². The molecular formula is C34H34F2N4O4S2. The van der Waals surface area contributed by atoms with Crippen molar-refractivity contribution in [2.24, 2.45) is 11.8 Å². The minimum Gasteiger partial charge on any atom is -0.421 e. The molecule has 0 bridgehead atoms. The maximum Gasteiger partial charge on any atom is 0.250 e. The molecule has 0 amide bonds. The number of aromatic nitrogens is 4. The van der Waals surface area contributed by atoms with Crippen molar-refractivity contribution in [2.45, 2.75) is 63.7 Å².